The van der Waals surface area contributed by atoms with Gasteiger partial charge >= 0.3 is 11.9 Å². The predicted octanol–water partition coefficient (Wildman–Crippen LogP) is 3.59. The van der Waals surface area contributed by atoms with Crippen LogP contribution in [-0.4, -0.2) is 30.7 Å². The van der Waals surface area contributed by atoms with Crippen LogP contribution >= 0.6 is 0 Å². The van der Waals surface area contributed by atoms with Gasteiger partial charge in [-0.05, 0) is 31.6 Å². The summed E-state index contributed by atoms with van der Waals surface area (Å²) in [5, 5.41) is 0. The lowest BCUT2D eigenvalue weighted by atomic mass is 9.95. The molecular weight excluding hydrogens is 318 g/mol. The Bertz CT molecular complexity index is 453. The Balaban J connectivity index is 1.73. The zero-order valence-electron chi connectivity index (χ0n) is 15.9. The van der Waals surface area contributed by atoms with Crippen LogP contribution in [0.5, 0.6) is 0 Å². The van der Waals surface area contributed by atoms with Crippen molar-refractivity contribution in [2.75, 3.05) is 13.2 Å². The molecule has 5 nitrogen and oxygen atoms in total. The lowest BCUT2D eigenvalue weighted by Gasteiger charge is -2.20. The summed E-state index contributed by atoms with van der Waals surface area (Å²) in [6.07, 6.45) is 10.2. The molecule has 4 unspecified atom stereocenters. The third-order valence-corrected chi connectivity index (χ3v) is 5.87. The predicted molar refractivity (Wildman–Crippen MR) is 96.8 cm³/mol. The topological polar surface area (TPSA) is 78.6 Å². The van der Waals surface area contributed by atoms with E-state index in [0.29, 0.717) is 13.2 Å². The van der Waals surface area contributed by atoms with Crippen molar-refractivity contribution in [1.29, 1.82) is 0 Å². The number of carbonyl (C=O) groups is 2. The summed E-state index contributed by atoms with van der Waals surface area (Å²) in [5.74, 6) is -1.01. The molecule has 0 radical (unpaired) electrons. The number of hydrogen-bond donors (Lipinski definition) is 1. The number of esters is 2. The van der Waals surface area contributed by atoms with Crippen LogP contribution in [0.4, 0.5) is 0 Å². The summed E-state index contributed by atoms with van der Waals surface area (Å²) in [6, 6.07) is 0. The summed E-state index contributed by atoms with van der Waals surface area (Å²) >= 11 is 0. The highest BCUT2D eigenvalue weighted by molar-refractivity contribution is 5.85. The summed E-state index contributed by atoms with van der Waals surface area (Å²) in [5.41, 5.74) is 5.72. The second kappa shape index (κ2) is 9.56. The highest BCUT2D eigenvalue weighted by Gasteiger charge is 2.74. The molecule has 2 saturated carbocycles. The minimum atomic E-state index is -0.721. The maximum atomic E-state index is 12.4. The third kappa shape index (κ3) is 4.75. The van der Waals surface area contributed by atoms with E-state index in [9.17, 15) is 9.59 Å². The first-order valence-corrected chi connectivity index (χ1v) is 10.2. The van der Waals surface area contributed by atoms with Crippen LogP contribution in [0.25, 0.3) is 0 Å². The smallest absolute Gasteiger partial charge is 0.311 e. The van der Waals surface area contributed by atoms with E-state index in [0.717, 1.165) is 64.2 Å². The molecule has 0 aliphatic heterocycles. The molecule has 2 aliphatic carbocycles. The van der Waals surface area contributed by atoms with Crippen molar-refractivity contribution in [1.82, 2.24) is 0 Å². The van der Waals surface area contributed by atoms with E-state index in [4.69, 9.17) is 15.2 Å². The first-order chi connectivity index (χ1) is 12.1. The lowest BCUT2D eigenvalue weighted by Crippen LogP contribution is -2.41. The Morgan fingerprint density at radius 1 is 0.880 bits per heavy atom. The van der Waals surface area contributed by atoms with E-state index in [1.54, 1.807) is 0 Å². The molecule has 4 atom stereocenters. The Morgan fingerprint density at radius 3 is 2.00 bits per heavy atom. The molecule has 0 heterocycles. The molecule has 0 aromatic rings. The van der Waals surface area contributed by atoms with Gasteiger partial charge in [-0.25, -0.2) is 0 Å². The van der Waals surface area contributed by atoms with Crippen LogP contribution in [0.2, 0.25) is 0 Å². The highest BCUT2D eigenvalue weighted by Crippen LogP contribution is 2.62. The molecule has 25 heavy (non-hydrogen) atoms. The first-order valence-electron chi connectivity index (χ1n) is 10.2. The summed E-state index contributed by atoms with van der Waals surface area (Å²) in [4.78, 5) is 24.7. The van der Waals surface area contributed by atoms with Crippen molar-refractivity contribution in [2.45, 2.75) is 83.6 Å². The van der Waals surface area contributed by atoms with Crippen molar-refractivity contribution in [2.24, 2.45) is 23.5 Å². The first kappa shape index (κ1) is 20.2. The number of hydrogen-bond acceptors (Lipinski definition) is 5. The van der Waals surface area contributed by atoms with Crippen LogP contribution in [0.1, 0.15) is 78.1 Å². The zero-order chi connectivity index (χ0) is 18.3. The minimum absolute atomic E-state index is 0.0910. The van der Waals surface area contributed by atoms with Gasteiger partial charge in [-0.1, -0.05) is 52.4 Å². The molecule has 0 aromatic carbocycles. The standard InChI is InChI=1S/C20H35NO4/c1-3-5-7-9-13-24-18(22)16-12-11-15-17(20(15,16)21)19(23)25-14-10-8-6-4-2/h15-17H,3-14,21H2,1-2H3. The van der Waals surface area contributed by atoms with E-state index in [-0.39, 0.29) is 29.7 Å². The summed E-state index contributed by atoms with van der Waals surface area (Å²) in [6.45, 7) is 5.23. The molecule has 0 saturated heterocycles. The molecule has 2 rings (SSSR count). The van der Waals surface area contributed by atoms with Gasteiger partial charge in [0.2, 0.25) is 0 Å². The molecule has 0 amide bonds. The molecule has 0 aromatic heterocycles. The second-order valence-corrected chi connectivity index (χ2v) is 7.67. The Kier molecular flexibility index (Phi) is 7.73. The number of carbonyl (C=O) groups excluding carboxylic acids is 2. The average Bonchev–Trinajstić information content (AvgIpc) is 3.04. The fourth-order valence-corrected chi connectivity index (χ4v) is 4.28. The number of fused-ring (bicyclic) bond motifs is 1. The van der Waals surface area contributed by atoms with Gasteiger partial charge in [0, 0.05) is 5.54 Å². The van der Waals surface area contributed by atoms with Crippen molar-refractivity contribution in [3.8, 4) is 0 Å². The van der Waals surface area contributed by atoms with E-state index < -0.39 is 5.54 Å². The Morgan fingerprint density at radius 2 is 1.44 bits per heavy atom. The van der Waals surface area contributed by atoms with Gasteiger partial charge in [0.05, 0.1) is 25.0 Å². The molecule has 2 N–H and O–H groups in total. The molecular formula is C20H35NO4. The molecule has 144 valence electrons. The van der Waals surface area contributed by atoms with Crippen LogP contribution in [0, 0.1) is 17.8 Å². The Hall–Kier alpha value is -1.10. The summed E-state index contributed by atoms with van der Waals surface area (Å²) in [7, 11) is 0. The van der Waals surface area contributed by atoms with Crippen LogP contribution in [-0.2, 0) is 19.1 Å². The number of unbranched alkanes of at least 4 members (excludes halogenated alkanes) is 6. The number of ether oxygens (including phenoxy) is 2. The van der Waals surface area contributed by atoms with E-state index in [1.807, 2.05) is 0 Å². The van der Waals surface area contributed by atoms with Gasteiger partial charge in [-0.3, -0.25) is 9.59 Å². The molecule has 0 bridgehead atoms. The van der Waals surface area contributed by atoms with Crippen LogP contribution in [0.3, 0.4) is 0 Å². The zero-order valence-corrected chi connectivity index (χ0v) is 15.9. The van der Waals surface area contributed by atoms with Crippen molar-refractivity contribution < 1.29 is 19.1 Å². The van der Waals surface area contributed by atoms with Crippen molar-refractivity contribution in [3.63, 3.8) is 0 Å². The molecule has 2 aliphatic rings. The fraction of sp³-hybridized carbons (Fsp3) is 0.900. The largest absolute Gasteiger partial charge is 0.465 e. The summed E-state index contributed by atoms with van der Waals surface area (Å²) < 4.78 is 10.8. The Labute approximate surface area is 152 Å². The SMILES string of the molecule is CCCCCCOC(=O)C1CCC2C(C(=O)OCCCCCC)C12N. The average molecular weight is 354 g/mol. The normalized spacial score (nSPS) is 30.0. The van der Waals surface area contributed by atoms with Gasteiger partial charge in [-0.2, -0.15) is 0 Å². The number of rotatable bonds is 12. The maximum absolute atomic E-state index is 12.4. The van der Waals surface area contributed by atoms with E-state index in [1.165, 1.54) is 0 Å². The molecule has 0 spiro atoms. The minimum Gasteiger partial charge on any atom is -0.465 e. The van der Waals surface area contributed by atoms with E-state index >= 15 is 0 Å². The van der Waals surface area contributed by atoms with Gasteiger partial charge in [0.15, 0.2) is 0 Å². The maximum Gasteiger partial charge on any atom is 0.311 e. The second-order valence-electron chi connectivity index (χ2n) is 7.67. The molecule has 2 fully saturated rings. The molecule has 5 heteroatoms. The van der Waals surface area contributed by atoms with Gasteiger partial charge < -0.3 is 15.2 Å². The quantitative estimate of drug-likeness (QED) is 0.428. The lowest BCUT2D eigenvalue weighted by molar-refractivity contribution is -0.151. The van der Waals surface area contributed by atoms with Gasteiger partial charge in [0.1, 0.15) is 0 Å². The van der Waals surface area contributed by atoms with Crippen LogP contribution < -0.4 is 5.73 Å². The van der Waals surface area contributed by atoms with Crippen molar-refractivity contribution in [3.05, 3.63) is 0 Å². The third-order valence-electron chi connectivity index (χ3n) is 5.87. The van der Waals surface area contributed by atoms with Crippen molar-refractivity contribution >= 4 is 11.9 Å². The van der Waals surface area contributed by atoms with Crippen LogP contribution in [0.15, 0.2) is 0 Å². The highest BCUT2D eigenvalue weighted by atomic mass is 16.5. The monoisotopic (exact) mass is 353 g/mol. The van der Waals surface area contributed by atoms with E-state index in [2.05, 4.69) is 13.8 Å². The van der Waals surface area contributed by atoms with Gasteiger partial charge in [-0.15, -0.1) is 0 Å². The number of nitrogens with two attached hydrogens (primary N) is 1. The van der Waals surface area contributed by atoms with Gasteiger partial charge in [0.25, 0.3) is 0 Å². The fourth-order valence-electron chi connectivity index (χ4n) is 4.28.